The summed E-state index contributed by atoms with van der Waals surface area (Å²) < 4.78 is 0. The second-order valence-corrected chi connectivity index (χ2v) is 5.44. The van der Waals surface area contributed by atoms with E-state index in [0.29, 0.717) is 0 Å². The smallest absolute Gasteiger partial charge is 0.00154 e. The second kappa shape index (κ2) is 2.73. The van der Waals surface area contributed by atoms with Crippen molar-refractivity contribution in [3.05, 3.63) is 57.8 Å². The minimum atomic E-state index is 0.800. The summed E-state index contributed by atoms with van der Waals surface area (Å²) in [4.78, 5) is 0. The van der Waals surface area contributed by atoms with E-state index < -0.39 is 0 Å². The van der Waals surface area contributed by atoms with Crippen LogP contribution in [0.15, 0.2) is 41.1 Å². The molecule has 2 aromatic rings. The van der Waals surface area contributed by atoms with Crippen LogP contribution in [0.4, 0.5) is 0 Å². The zero-order valence-electron chi connectivity index (χ0n) is 8.39. The summed E-state index contributed by atoms with van der Waals surface area (Å²) in [5.41, 5.74) is 4.81. The monoisotopic (exact) mass is 212 g/mol. The first-order valence-corrected chi connectivity index (χ1v) is 6.50. The van der Waals surface area contributed by atoms with Crippen LogP contribution in [0.1, 0.15) is 40.9 Å². The highest BCUT2D eigenvalue weighted by molar-refractivity contribution is 7.08. The molecule has 0 aliphatic heterocycles. The summed E-state index contributed by atoms with van der Waals surface area (Å²) in [5, 5.41) is 4.54. The molecule has 4 rings (SSSR count). The van der Waals surface area contributed by atoms with Gasteiger partial charge in [-0.05, 0) is 57.7 Å². The third-order valence-corrected chi connectivity index (χ3v) is 4.80. The third kappa shape index (κ3) is 0.920. The van der Waals surface area contributed by atoms with E-state index in [1.54, 1.807) is 16.7 Å². The minimum absolute atomic E-state index is 0.800. The van der Waals surface area contributed by atoms with Gasteiger partial charge in [0, 0.05) is 0 Å². The van der Waals surface area contributed by atoms with Crippen molar-refractivity contribution < 1.29 is 0 Å². The molecular formula is C14H12S. The maximum Gasteiger partial charge on any atom is -0.00154 e. The van der Waals surface area contributed by atoms with Crippen LogP contribution in [0.2, 0.25) is 0 Å². The fourth-order valence-corrected chi connectivity index (χ4v) is 4.11. The Morgan fingerprint density at radius 1 is 1.00 bits per heavy atom. The van der Waals surface area contributed by atoms with Crippen LogP contribution in [-0.2, 0) is 0 Å². The summed E-state index contributed by atoms with van der Waals surface area (Å²) in [7, 11) is 0. The summed E-state index contributed by atoms with van der Waals surface area (Å²) in [6.45, 7) is 0. The van der Waals surface area contributed by atoms with E-state index in [2.05, 4.69) is 41.1 Å². The summed E-state index contributed by atoms with van der Waals surface area (Å²) >= 11 is 1.83. The van der Waals surface area contributed by atoms with Gasteiger partial charge in [-0.3, -0.25) is 0 Å². The van der Waals surface area contributed by atoms with Crippen LogP contribution in [-0.4, -0.2) is 0 Å². The third-order valence-electron chi connectivity index (χ3n) is 4.10. The van der Waals surface area contributed by atoms with Gasteiger partial charge in [-0.1, -0.05) is 24.3 Å². The Hall–Kier alpha value is -1.08. The van der Waals surface area contributed by atoms with Gasteiger partial charge in [0.1, 0.15) is 0 Å². The van der Waals surface area contributed by atoms with E-state index in [1.165, 1.54) is 6.42 Å². The van der Waals surface area contributed by atoms with Gasteiger partial charge in [0.25, 0.3) is 0 Å². The zero-order valence-corrected chi connectivity index (χ0v) is 9.21. The maximum absolute atomic E-state index is 2.33. The van der Waals surface area contributed by atoms with E-state index in [-0.39, 0.29) is 0 Å². The second-order valence-electron chi connectivity index (χ2n) is 4.66. The lowest BCUT2D eigenvalue weighted by molar-refractivity contribution is 0.333. The molecule has 0 radical (unpaired) electrons. The molecule has 3 atom stereocenters. The Morgan fingerprint density at radius 2 is 1.73 bits per heavy atom. The normalized spacial score (nSPS) is 31.1. The Bertz CT molecular complexity index is 469. The standard InChI is InChI=1S/C14H12S/c1-2-4-11-10(3-1)12-7-13(11)14(12)9-5-6-15-8-9/h1-6,8,12-14H,7H2/t12-,13+,14?. The van der Waals surface area contributed by atoms with Gasteiger partial charge in [0.05, 0.1) is 0 Å². The molecule has 2 aliphatic carbocycles. The van der Waals surface area contributed by atoms with Crippen LogP contribution in [0.5, 0.6) is 0 Å². The van der Waals surface area contributed by atoms with Gasteiger partial charge in [-0.25, -0.2) is 0 Å². The van der Waals surface area contributed by atoms with Crippen molar-refractivity contribution in [2.75, 3.05) is 0 Å². The quantitative estimate of drug-likeness (QED) is 0.667. The molecule has 1 aromatic carbocycles. The van der Waals surface area contributed by atoms with E-state index >= 15 is 0 Å². The highest BCUT2D eigenvalue weighted by Crippen LogP contribution is 2.66. The van der Waals surface area contributed by atoms with Gasteiger partial charge in [-0.15, -0.1) is 0 Å². The molecule has 0 spiro atoms. The Morgan fingerprint density at radius 3 is 2.33 bits per heavy atom. The molecule has 15 heavy (non-hydrogen) atoms. The number of fused-ring (bicyclic) bond motifs is 5. The van der Waals surface area contributed by atoms with Crippen molar-refractivity contribution in [2.24, 2.45) is 0 Å². The van der Waals surface area contributed by atoms with Crippen molar-refractivity contribution in [1.82, 2.24) is 0 Å². The fourth-order valence-electron chi connectivity index (χ4n) is 3.41. The van der Waals surface area contributed by atoms with Crippen molar-refractivity contribution in [2.45, 2.75) is 24.2 Å². The Kier molecular flexibility index (Phi) is 1.48. The number of hydrogen-bond acceptors (Lipinski definition) is 1. The fraction of sp³-hybridized carbons (Fsp3) is 0.286. The first kappa shape index (κ1) is 8.12. The Balaban J connectivity index is 1.82. The summed E-state index contributed by atoms with van der Waals surface area (Å²) in [5.74, 6) is 2.44. The van der Waals surface area contributed by atoms with Crippen molar-refractivity contribution >= 4 is 11.3 Å². The van der Waals surface area contributed by atoms with Gasteiger partial charge in [0.2, 0.25) is 0 Å². The molecule has 0 saturated heterocycles. The molecule has 2 aliphatic rings. The number of benzene rings is 1. The van der Waals surface area contributed by atoms with Crippen molar-refractivity contribution in [1.29, 1.82) is 0 Å². The average molecular weight is 212 g/mol. The molecule has 1 saturated carbocycles. The molecule has 0 nitrogen and oxygen atoms in total. The predicted molar refractivity (Wildman–Crippen MR) is 63.6 cm³/mol. The average Bonchev–Trinajstić information content (AvgIpc) is 2.87. The van der Waals surface area contributed by atoms with Gasteiger partial charge >= 0.3 is 0 Å². The van der Waals surface area contributed by atoms with Crippen molar-refractivity contribution in [3.8, 4) is 0 Å². The molecule has 74 valence electrons. The Labute approximate surface area is 93.6 Å². The van der Waals surface area contributed by atoms with Crippen LogP contribution < -0.4 is 0 Å². The van der Waals surface area contributed by atoms with E-state index in [0.717, 1.165) is 17.8 Å². The van der Waals surface area contributed by atoms with Crippen LogP contribution in [0.3, 0.4) is 0 Å². The summed E-state index contributed by atoms with van der Waals surface area (Å²) in [6, 6.07) is 11.3. The van der Waals surface area contributed by atoms with E-state index in [1.807, 2.05) is 11.3 Å². The molecule has 1 aromatic heterocycles. The predicted octanol–water partition coefficient (Wildman–Crippen LogP) is 4.12. The van der Waals surface area contributed by atoms with Gasteiger partial charge in [0.15, 0.2) is 0 Å². The molecule has 2 bridgehead atoms. The molecule has 1 heteroatoms. The number of thiophene rings is 1. The molecule has 1 heterocycles. The lowest BCUT2D eigenvalue weighted by Crippen LogP contribution is -2.21. The summed E-state index contributed by atoms with van der Waals surface area (Å²) in [6.07, 6.45) is 1.39. The molecule has 1 fully saturated rings. The van der Waals surface area contributed by atoms with E-state index in [9.17, 15) is 0 Å². The first-order valence-electron chi connectivity index (χ1n) is 5.56. The first-order chi connectivity index (χ1) is 7.45. The maximum atomic E-state index is 2.33. The minimum Gasteiger partial charge on any atom is -0.152 e. The van der Waals surface area contributed by atoms with Crippen LogP contribution >= 0.6 is 11.3 Å². The SMILES string of the molecule is c1ccc2c(c1)[C@H]1C[C@@H]2C1c1ccsc1. The largest absolute Gasteiger partial charge is 0.152 e. The van der Waals surface area contributed by atoms with Gasteiger partial charge < -0.3 is 0 Å². The lowest BCUT2D eigenvalue weighted by atomic mass is 9.67. The lowest BCUT2D eigenvalue weighted by Gasteiger charge is -2.36. The number of hydrogen-bond donors (Lipinski definition) is 0. The van der Waals surface area contributed by atoms with Gasteiger partial charge in [-0.2, -0.15) is 11.3 Å². The molecule has 0 N–H and O–H groups in total. The van der Waals surface area contributed by atoms with Crippen LogP contribution in [0, 0.1) is 0 Å². The topological polar surface area (TPSA) is 0 Å². The van der Waals surface area contributed by atoms with E-state index in [4.69, 9.17) is 0 Å². The zero-order chi connectivity index (χ0) is 9.83. The number of rotatable bonds is 1. The highest BCUT2D eigenvalue weighted by Gasteiger charge is 2.50. The molecular weight excluding hydrogens is 200 g/mol. The van der Waals surface area contributed by atoms with Crippen LogP contribution in [0.25, 0.3) is 0 Å². The highest BCUT2D eigenvalue weighted by atomic mass is 32.1. The molecule has 1 unspecified atom stereocenters. The van der Waals surface area contributed by atoms with Crippen molar-refractivity contribution in [3.63, 3.8) is 0 Å². The molecule has 0 amide bonds.